The number of rotatable bonds is 5. The second kappa shape index (κ2) is 8.37. The third-order valence-corrected chi connectivity index (χ3v) is 4.41. The predicted octanol–water partition coefficient (Wildman–Crippen LogP) is 4.02. The molecule has 0 radical (unpaired) electrons. The molecule has 134 valence electrons. The number of pyridine rings is 2. The van der Waals surface area contributed by atoms with E-state index in [2.05, 4.69) is 16.0 Å². The van der Waals surface area contributed by atoms with E-state index in [0.717, 1.165) is 6.42 Å². The smallest absolute Gasteiger partial charge is 0.179 e. The third-order valence-electron chi connectivity index (χ3n) is 3.81. The summed E-state index contributed by atoms with van der Waals surface area (Å²) in [6, 6.07) is 3.78. The Morgan fingerprint density at radius 2 is 2.08 bits per heavy atom. The lowest BCUT2D eigenvalue weighted by Gasteiger charge is -2.15. The molecule has 1 aliphatic rings. The van der Waals surface area contributed by atoms with Crippen LogP contribution in [0.2, 0.25) is 10.0 Å². The minimum atomic E-state index is -0.0576. The van der Waals surface area contributed by atoms with Crippen molar-refractivity contribution in [2.24, 2.45) is 0 Å². The van der Waals surface area contributed by atoms with E-state index < -0.39 is 0 Å². The molecule has 1 atom stereocenters. The van der Waals surface area contributed by atoms with Gasteiger partial charge in [-0.05, 0) is 6.08 Å². The van der Waals surface area contributed by atoms with E-state index in [9.17, 15) is 5.26 Å². The minimum absolute atomic E-state index is 0.0576. The summed E-state index contributed by atoms with van der Waals surface area (Å²) in [6.07, 6.45) is 6.75. The number of nitriles is 1. The van der Waals surface area contributed by atoms with Crippen molar-refractivity contribution < 1.29 is 14.2 Å². The molecule has 2 aromatic rings. The van der Waals surface area contributed by atoms with E-state index in [-0.39, 0.29) is 11.7 Å². The van der Waals surface area contributed by atoms with Crippen LogP contribution in [0.15, 0.2) is 24.7 Å². The number of hydrogen-bond donors (Lipinski definition) is 0. The van der Waals surface area contributed by atoms with Gasteiger partial charge in [0.2, 0.25) is 0 Å². The molecule has 0 amide bonds. The van der Waals surface area contributed by atoms with Gasteiger partial charge in [-0.25, -0.2) is 0 Å². The zero-order chi connectivity index (χ0) is 18.5. The first-order chi connectivity index (χ1) is 12.6. The van der Waals surface area contributed by atoms with Crippen molar-refractivity contribution >= 4 is 34.9 Å². The Balaban J connectivity index is 1.98. The summed E-state index contributed by atoms with van der Waals surface area (Å²) >= 11 is 12.3. The first kappa shape index (κ1) is 18.5. The Kier molecular flexibility index (Phi) is 5.94. The van der Waals surface area contributed by atoms with E-state index in [1.54, 1.807) is 12.1 Å². The number of methoxy groups -OCH3 is 1. The maximum atomic E-state index is 9.57. The van der Waals surface area contributed by atoms with Gasteiger partial charge in [0.25, 0.3) is 0 Å². The van der Waals surface area contributed by atoms with Gasteiger partial charge in [-0.15, -0.1) is 0 Å². The number of hydrogen-bond acceptors (Lipinski definition) is 6. The van der Waals surface area contributed by atoms with Gasteiger partial charge in [0.1, 0.15) is 12.2 Å². The molecule has 8 heteroatoms. The lowest BCUT2D eigenvalue weighted by Crippen LogP contribution is -2.16. The van der Waals surface area contributed by atoms with Crippen LogP contribution in [0.1, 0.15) is 17.7 Å². The molecule has 1 aliphatic heterocycles. The molecule has 1 saturated heterocycles. The highest BCUT2D eigenvalue weighted by molar-refractivity contribution is 6.37. The van der Waals surface area contributed by atoms with Crippen LogP contribution >= 0.6 is 23.2 Å². The molecule has 0 aromatic carbocycles. The topological polar surface area (TPSA) is 77.3 Å². The van der Waals surface area contributed by atoms with Gasteiger partial charge in [0.05, 0.1) is 47.8 Å². The Morgan fingerprint density at radius 3 is 2.69 bits per heavy atom. The molecule has 0 bridgehead atoms. The van der Waals surface area contributed by atoms with E-state index >= 15 is 0 Å². The van der Waals surface area contributed by atoms with Gasteiger partial charge < -0.3 is 14.2 Å². The molecule has 2 aromatic heterocycles. The SMILES string of the molecule is COc1cnc(/C(C#N)=C/c2c(Cl)cncc2Cl)cc1OC1CCOC1. The highest BCUT2D eigenvalue weighted by atomic mass is 35.5. The average Bonchev–Trinajstić information content (AvgIpc) is 3.15. The average molecular weight is 392 g/mol. The van der Waals surface area contributed by atoms with Crippen LogP contribution in [0.5, 0.6) is 11.5 Å². The van der Waals surface area contributed by atoms with Gasteiger partial charge in [-0.2, -0.15) is 5.26 Å². The summed E-state index contributed by atoms with van der Waals surface area (Å²) in [7, 11) is 1.53. The van der Waals surface area contributed by atoms with Crippen molar-refractivity contribution in [1.82, 2.24) is 9.97 Å². The molecule has 1 fully saturated rings. The van der Waals surface area contributed by atoms with E-state index in [4.69, 9.17) is 37.4 Å². The van der Waals surface area contributed by atoms with Crippen LogP contribution in [-0.4, -0.2) is 36.4 Å². The summed E-state index contributed by atoms with van der Waals surface area (Å²) in [6.45, 7) is 1.18. The van der Waals surface area contributed by atoms with Crippen molar-refractivity contribution in [3.8, 4) is 17.6 Å². The van der Waals surface area contributed by atoms with Gasteiger partial charge in [0, 0.05) is 30.4 Å². The van der Waals surface area contributed by atoms with Gasteiger partial charge in [0.15, 0.2) is 11.5 Å². The van der Waals surface area contributed by atoms with Crippen molar-refractivity contribution in [1.29, 1.82) is 5.26 Å². The van der Waals surface area contributed by atoms with Crippen molar-refractivity contribution in [2.45, 2.75) is 12.5 Å². The Bertz CT molecular complexity index is 854. The molecule has 3 rings (SSSR count). The quantitative estimate of drug-likeness (QED) is 0.716. The number of ether oxygens (including phenoxy) is 3. The molecule has 26 heavy (non-hydrogen) atoms. The maximum absolute atomic E-state index is 9.57. The van der Waals surface area contributed by atoms with Crippen LogP contribution in [0.3, 0.4) is 0 Å². The summed E-state index contributed by atoms with van der Waals surface area (Å²) in [5.74, 6) is 0.985. The second-order valence-corrected chi connectivity index (χ2v) is 6.32. The lowest BCUT2D eigenvalue weighted by molar-refractivity contribution is 0.138. The molecule has 0 saturated carbocycles. The predicted molar refractivity (Wildman–Crippen MR) is 98.4 cm³/mol. The van der Waals surface area contributed by atoms with E-state index in [1.165, 1.54) is 25.7 Å². The standard InChI is InChI=1S/C18H15Cl2N3O3/c1-24-18-9-23-16(5-17(18)26-12-2-3-25-10-12)11(6-21)4-13-14(19)7-22-8-15(13)20/h4-5,7-9,12H,2-3,10H2,1H3/b11-4+. The summed E-state index contributed by atoms with van der Waals surface area (Å²) in [5, 5.41) is 10.3. The highest BCUT2D eigenvalue weighted by Crippen LogP contribution is 2.33. The maximum Gasteiger partial charge on any atom is 0.179 e. The first-order valence-corrected chi connectivity index (χ1v) is 8.57. The fourth-order valence-electron chi connectivity index (χ4n) is 2.47. The zero-order valence-electron chi connectivity index (χ0n) is 13.9. The summed E-state index contributed by atoms with van der Waals surface area (Å²) < 4.78 is 16.6. The molecule has 0 spiro atoms. The fourth-order valence-corrected chi connectivity index (χ4v) is 2.94. The lowest BCUT2D eigenvalue weighted by atomic mass is 10.1. The number of allylic oxidation sites excluding steroid dienone is 1. The molecular formula is C18H15Cl2N3O3. The summed E-state index contributed by atoms with van der Waals surface area (Å²) in [5.41, 5.74) is 1.21. The minimum Gasteiger partial charge on any atom is -0.491 e. The highest BCUT2D eigenvalue weighted by Gasteiger charge is 2.20. The number of aromatic nitrogens is 2. The normalized spacial score (nSPS) is 17.0. The van der Waals surface area contributed by atoms with E-state index in [1.807, 2.05) is 0 Å². The van der Waals surface area contributed by atoms with Crippen LogP contribution in [-0.2, 0) is 4.74 Å². The molecular weight excluding hydrogens is 377 g/mol. The largest absolute Gasteiger partial charge is 0.491 e. The van der Waals surface area contributed by atoms with Crippen LogP contribution in [0.4, 0.5) is 0 Å². The molecule has 1 unspecified atom stereocenters. The zero-order valence-corrected chi connectivity index (χ0v) is 15.4. The Hall–Kier alpha value is -2.33. The van der Waals surface area contributed by atoms with Crippen molar-refractivity contribution in [3.63, 3.8) is 0 Å². The van der Waals surface area contributed by atoms with Crippen molar-refractivity contribution in [2.75, 3.05) is 20.3 Å². The summed E-state index contributed by atoms with van der Waals surface area (Å²) in [4.78, 5) is 8.19. The van der Waals surface area contributed by atoms with Crippen LogP contribution in [0, 0.1) is 11.3 Å². The van der Waals surface area contributed by atoms with Gasteiger partial charge in [-0.3, -0.25) is 9.97 Å². The molecule has 6 nitrogen and oxygen atoms in total. The number of nitrogens with zero attached hydrogens (tertiary/aromatic N) is 3. The van der Waals surface area contributed by atoms with Crippen molar-refractivity contribution in [3.05, 3.63) is 46.0 Å². The Morgan fingerprint density at radius 1 is 1.31 bits per heavy atom. The van der Waals surface area contributed by atoms with E-state index in [0.29, 0.717) is 46.0 Å². The Labute approximate surface area is 160 Å². The third kappa shape index (κ3) is 4.07. The van der Waals surface area contributed by atoms with Crippen LogP contribution in [0.25, 0.3) is 11.6 Å². The molecule has 0 aliphatic carbocycles. The monoisotopic (exact) mass is 391 g/mol. The van der Waals surface area contributed by atoms with Gasteiger partial charge >= 0.3 is 0 Å². The first-order valence-electron chi connectivity index (χ1n) is 7.82. The fraction of sp³-hybridized carbons (Fsp3) is 0.278. The van der Waals surface area contributed by atoms with Crippen LogP contribution < -0.4 is 9.47 Å². The second-order valence-electron chi connectivity index (χ2n) is 5.51. The van der Waals surface area contributed by atoms with Gasteiger partial charge in [-0.1, -0.05) is 23.2 Å². The number of halogens is 2. The molecule has 3 heterocycles. The molecule has 0 N–H and O–H groups in total.